The molecule has 2 aromatic rings. The van der Waals surface area contributed by atoms with Gasteiger partial charge in [-0.25, -0.2) is 0 Å². The lowest BCUT2D eigenvalue weighted by Crippen LogP contribution is -2.17. The number of hydrogen-bond acceptors (Lipinski definition) is 3. The first-order chi connectivity index (χ1) is 13.2. The molecule has 0 bridgehead atoms. The van der Waals surface area contributed by atoms with Gasteiger partial charge in [-0.1, -0.05) is 62.6 Å². The van der Waals surface area contributed by atoms with Crippen LogP contribution < -0.4 is 0 Å². The lowest BCUT2D eigenvalue weighted by atomic mass is 10.0. The minimum absolute atomic E-state index is 0.145. The Labute approximate surface area is 168 Å². The van der Waals surface area contributed by atoms with Crippen molar-refractivity contribution in [3.63, 3.8) is 0 Å². The molecule has 150 valence electrons. The molecule has 0 aromatic heterocycles. The monoisotopic (exact) mass is 398 g/mol. The minimum atomic E-state index is -3.77. The summed E-state index contributed by atoms with van der Waals surface area (Å²) in [4.78, 5) is 27.1. The van der Waals surface area contributed by atoms with Crippen molar-refractivity contribution in [1.82, 2.24) is 0 Å². The molecule has 3 nitrogen and oxygen atoms in total. The van der Waals surface area contributed by atoms with Gasteiger partial charge in [-0.05, 0) is 56.4 Å². The van der Waals surface area contributed by atoms with Crippen LogP contribution in [-0.4, -0.2) is 17.2 Å². The zero-order valence-corrected chi connectivity index (χ0v) is 18.6. The second kappa shape index (κ2) is 9.47. The van der Waals surface area contributed by atoms with Crippen LogP contribution in [0.3, 0.4) is 0 Å². The Balaban J connectivity index is 2.56. The van der Waals surface area contributed by atoms with E-state index >= 15 is 0 Å². The molecular formula is C24H31O3P. The third-order valence-corrected chi connectivity index (χ3v) is 8.08. The van der Waals surface area contributed by atoms with Gasteiger partial charge in [0.2, 0.25) is 18.2 Å². The number of carbonyl (C=O) groups is 2. The summed E-state index contributed by atoms with van der Waals surface area (Å²) in [7, 11) is -3.77. The summed E-state index contributed by atoms with van der Waals surface area (Å²) in [6.07, 6.45) is 3.69. The standard InChI is InChI=1S/C24H31O3P/c1-6-7-8-9-16-28(27,23(25)21-17(2)12-10-13-18(21)3)24(26)22-19(4)14-11-15-20(22)5/h10-15H,6-9,16H2,1-5H3. The molecule has 0 fully saturated rings. The lowest BCUT2D eigenvalue weighted by molar-refractivity contribution is 0.103. The highest BCUT2D eigenvalue weighted by Crippen LogP contribution is 2.54. The largest absolute Gasteiger partial charge is 0.307 e. The van der Waals surface area contributed by atoms with E-state index in [1.165, 1.54) is 0 Å². The van der Waals surface area contributed by atoms with Gasteiger partial charge in [0, 0.05) is 17.3 Å². The van der Waals surface area contributed by atoms with Gasteiger partial charge in [-0.3, -0.25) is 9.59 Å². The summed E-state index contributed by atoms with van der Waals surface area (Å²) in [5, 5.41) is 0. The van der Waals surface area contributed by atoms with E-state index in [9.17, 15) is 14.2 Å². The van der Waals surface area contributed by atoms with E-state index in [2.05, 4.69) is 6.92 Å². The molecule has 0 saturated carbocycles. The predicted octanol–water partition coefficient (Wildman–Crippen LogP) is 6.84. The van der Waals surface area contributed by atoms with Crippen molar-refractivity contribution < 1.29 is 14.2 Å². The molecule has 0 radical (unpaired) electrons. The van der Waals surface area contributed by atoms with E-state index < -0.39 is 18.2 Å². The van der Waals surface area contributed by atoms with Gasteiger partial charge in [-0.15, -0.1) is 0 Å². The second-order valence-corrected chi connectivity index (χ2v) is 10.4. The number of carbonyl (C=O) groups excluding carboxylic acids is 2. The van der Waals surface area contributed by atoms with Crippen molar-refractivity contribution in [3.05, 3.63) is 69.8 Å². The van der Waals surface area contributed by atoms with Crippen molar-refractivity contribution in [2.45, 2.75) is 60.3 Å². The Morgan fingerprint density at radius 3 is 1.46 bits per heavy atom. The van der Waals surface area contributed by atoms with Gasteiger partial charge in [0.25, 0.3) is 0 Å². The van der Waals surface area contributed by atoms with Crippen LogP contribution in [0.25, 0.3) is 0 Å². The third-order valence-electron chi connectivity index (χ3n) is 5.37. The Bertz CT molecular complexity index is 819. The number of hydrogen-bond donors (Lipinski definition) is 0. The summed E-state index contributed by atoms with van der Waals surface area (Å²) >= 11 is 0. The predicted molar refractivity (Wildman–Crippen MR) is 117 cm³/mol. The maximum atomic E-state index is 14.1. The van der Waals surface area contributed by atoms with Crippen molar-refractivity contribution in [2.75, 3.05) is 6.16 Å². The van der Waals surface area contributed by atoms with Crippen LogP contribution in [0.4, 0.5) is 0 Å². The zero-order valence-electron chi connectivity index (χ0n) is 17.7. The molecule has 0 saturated heterocycles. The molecule has 4 heteroatoms. The molecule has 0 aliphatic heterocycles. The first-order valence-corrected chi connectivity index (χ1v) is 11.9. The Kier molecular flexibility index (Phi) is 7.55. The van der Waals surface area contributed by atoms with Crippen molar-refractivity contribution >= 4 is 18.2 Å². The average molecular weight is 398 g/mol. The van der Waals surface area contributed by atoms with Gasteiger partial charge in [0.15, 0.2) is 0 Å². The Morgan fingerprint density at radius 1 is 0.714 bits per heavy atom. The maximum Gasteiger partial charge on any atom is 0.229 e. The number of unbranched alkanes of at least 4 members (excludes halogenated alkanes) is 3. The van der Waals surface area contributed by atoms with Gasteiger partial charge in [0.1, 0.15) is 0 Å². The van der Waals surface area contributed by atoms with Crippen LogP contribution in [0.1, 0.15) is 75.6 Å². The molecule has 0 aliphatic carbocycles. The summed E-state index contributed by atoms with van der Waals surface area (Å²) in [5.41, 5.74) is 3.02. The zero-order chi connectivity index (χ0) is 20.9. The molecule has 0 unspecified atom stereocenters. The first-order valence-electron chi connectivity index (χ1n) is 10.0. The molecule has 2 aromatic carbocycles. The van der Waals surface area contributed by atoms with Crippen LogP contribution in [-0.2, 0) is 4.57 Å². The minimum Gasteiger partial charge on any atom is -0.307 e. The number of rotatable bonds is 9. The summed E-state index contributed by atoms with van der Waals surface area (Å²) in [5.74, 6) is 0. The first kappa shape index (κ1) is 22.3. The fraction of sp³-hybridized carbons (Fsp3) is 0.417. The molecule has 28 heavy (non-hydrogen) atoms. The van der Waals surface area contributed by atoms with Gasteiger partial charge in [0.05, 0.1) is 0 Å². The van der Waals surface area contributed by atoms with Crippen LogP contribution >= 0.6 is 7.14 Å². The van der Waals surface area contributed by atoms with E-state index in [1.807, 2.05) is 64.1 Å². The van der Waals surface area contributed by atoms with Crippen molar-refractivity contribution in [3.8, 4) is 0 Å². The van der Waals surface area contributed by atoms with E-state index in [0.29, 0.717) is 17.5 Å². The van der Waals surface area contributed by atoms with E-state index in [1.54, 1.807) is 0 Å². The third kappa shape index (κ3) is 4.52. The van der Waals surface area contributed by atoms with Crippen LogP contribution in [0.2, 0.25) is 0 Å². The van der Waals surface area contributed by atoms with Crippen molar-refractivity contribution in [2.24, 2.45) is 0 Å². The molecule has 0 atom stereocenters. The van der Waals surface area contributed by atoms with Crippen molar-refractivity contribution in [1.29, 1.82) is 0 Å². The van der Waals surface area contributed by atoms with Gasteiger partial charge in [-0.2, -0.15) is 0 Å². The fourth-order valence-electron chi connectivity index (χ4n) is 3.72. The highest BCUT2D eigenvalue weighted by molar-refractivity contribution is 7.95. The second-order valence-electron chi connectivity index (χ2n) is 7.67. The molecule has 0 N–H and O–H groups in total. The quantitative estimate of drug-likeness (QED) is 0.343. The van der Waals surface area contributed by atoms with Gasteiger partial charge < -0.3 is 4.57 Å². The highest BCUT2D eigenvalue weighted by Gasteiger charge is 2.42. The molecule has 0 aliphatic rings. The van der Waals surface area contributed by atoms with E-state index in [4.69, 9.17) is 0 Å². The molecule has 2 rings (SSSR count). The summed E-state index contributed by atoms with van der Waals surface area (Å²) in [6.45, 7) is 9.45. The average Bonchev–Trinajstić information content (AvgIpc) is 2.64. The van der Waals surface area contributed by atoms with E-state index in [0.717, 1.165) is 41.5 Å². The molecule has 0 amide bonds. The topological polar surface area (TPSA) is 51.2 Å². The molecule has 0 spiro atoms. The maximum absolute atomic E-state index is 14.1. The van der Waals surface area contributed by atoms with Gasteiger partial charge >= 0.3 is 0 Å². The highest BCUT2D eigenvalue weighted by atomic mass is 31.2. The molecule has 0 heterocycles. The SMILES string of the molecule is CCCCCCP(=O)(C(=O)c1c(C)cccc1C)C(=O)c1c(C)cccc1C. The van der Waals surface area contributed by atoms with Crippen LogP contribution in [0.5, 0.6) is 0 Å². The Morgan fingerprint density at radius 2 is 1.11 bits per heavy atom. The summed E-state index contributed by atoms with van der Waals surface area (Å²) < 4.78 is 14.1. The normalized spacial score (nSPS) is 11.5. The Hall–Kier alpha value is -1.99. The van der Waals surface area contributed by atoms with Crippen LogP contribution in [0, 0.1) is 27.7 Å². The molecular weight excluding hydrogens is 367 g/mol. The smallest absolute Gasteiger partial charge is 0.229 e. The number of aryl methyl sites for hydroxylation is 4. The van der Waals surface area contributed by atoms with Crippen LogP contribution in [0.15, 0.2) is 36.4 Å². The summed E-state index contributed by atoms with van der Waals surface area (Å²) in [6, 6.07) is 11.1. The lowest BCUT2D eigenvalue weighted by Gasteiger charge is -2.20. The fourth-order valence-corrected chi connectivity index (χ4v) is 6.41. The number of benzene rings is 2. The van der Waals surface area contributed by atoms with E-state index in [-0.39, 0.29) is 6.16 Å².